The van der Waals surface area contributed by atoms with Gasteiger partial charge in [0, 0.05) is 19.1 Å². The molecular formula is C14H20N2O2. The molecule has 1 aromatic carbocycles. The van der Waals surface area contributed by atoms with Crippen molar-refractivity contribution in [3.05, 3.63) is 30.3 Å². The standard InChI is InChI=1S/C14H20N2O2/c1-15-12-6-5-9-16(10-12)14(17)11-18-13-7-3-2-4-8-13/h2-4,7-8,12,15H,5-6,9-11H2,1H3. The average molecular weight is 248 g/mol. The summed E-state index contributed by atoms with van der Waals surface area (Å²) in [4.78, 5) is 13.9. The molecular weight excluding hydrogens is 228 g/mol. The summed E-state index contributed by atoms with van der Waals surface area (Å²) in [5, 5.41) is 3.23. The van der Waals surface area contributed by atoms with Crippen molar-refractivity contribution in [1.29, 1.82) is 0 Å². The third-order valence-electron chi connectivity index (χ3n) is 3.29. The zero-order valence-electron chi connectivity index (χ0n) is 10.8. The van der Waals surface area contributed by atoms with Gasteiger partial charge in [-0.1, -0.05) is 18.2 Å². The SMILES string of the molecule is CNC1CCCN(C(=O)COc2ccccc2)C1. The van der Waals surface area contributed by atoms with Crippen LogP contribution in [0, 0.1) is 0 Å². The average Bonchev–Trinajstić information content (AvgIpc) is 2.46. The highest BCUT2D eigenvalue weighted by Gasteiger charge is 2.22. The van der Waals surface area contributed by atoms with Crippen molar-refractivity contribution in [3.8, 4) is 5.75 Å². The quantitative estimate of drug-likeness (QED) is 0.872. The molecule has 1 saturated heterocycles. The van der Waals surface area contributed by atoms with Gasteiger partial charge in [0.05, 0.1) is 0 Å². The molecule has 0 spiro atoms. The van der Waals surface area contributed by atoms with Crippen LogP contribution >= 0.6 is 0 Å². The maximum absolute atomic E-state index is 12.0. The molecule has 98 valence electrons. The fraction of sp³-hybridized carbons (Fsp3) is 0.500. The number of hydrogen-bond acceptors (Lipinski definition) is 3. The molecule has 1 amide bonds. The Hall–Kier alpha value is -1.55. The zero-order chi connectivity index (χ0) is 12.8. The second-order valence-corrected chi connectivity index (χ2v) is 4.57. The summed E-state index contributed by atoms with van der Waals surface area (Å²) in [5.74, 6) is 0.812. The van der Waals surface area contributed by atoms with E-state index < -0.39 is 0 Å². The van der Waals surface area contributed by atoms with Crippen LogP contribution in [0.25, 0.3) is 0 Å². The van der Waals surface area contributed by atoms with E-state index >= 15 is 0 Å². The van der Waals surface area contributed by atoms with Gasteiger partial charge in [0.15, 0.2) is 6.61 Å². The van der Waals surface area contributed by atoms with E-state index in [2.05, 4.69) is 5.32 Å². The largest absolute Gasteiger partial charge is 0.484 e. The maximum atomic E-state index is 12.0. The molecule has 1 atom stereocenters. The molecule has 0 aliphatic carbocycles. The van der Waals surface area contributed by atoms with Gasteiger partial charge in [0.25, 0.3) is 5.91 Å². The molecule has 0 bridgehead atoms. The van der Waals surface area contributed by atoms with Crippen molar-refractivity contribution in [3.63, 3.8) is 0 Å². The van der Waals surface area contributed by atoms with E-state index in [1.54, 1.807) is 0 Å². The maximum Gasteiger partial charge on any atom is 0.260 e. The smallest absolute Gasteiger partial charge is 0.260 e. The number of ether oxygens (including phenoxy) is 1. The number of likely N-dealkylation sites (tertiary alicyclic amines) is 1. The van der Waals surface area contributed by atoms with Gasteiger partial charge in [-0.25, -0.2) is 0 Å². The second kappa shape index (κ2) is 6.40. The van der Waals surface area contributed by atoms with Crippen LogP contribution in [0.2, 0.25) is 0 Å². The molecule has 1 fully saturated rings. The van der Waals surface area contributed by atoms with Crippen LogP contribution in [0.4, 0.5) is 0 Å². The van der Waals surface area contributed by atoms with Crippen LogP contribution < -0.4 is 10.1 Å². The minimum absolute atomic E-state index is 0.0683. The summed E-state index contributed by atoms with van der Waals surface area (Å²) in [6, 6.07) is 9.87. The predicted octanol–water partition coefficient (Wildman–Crippen LogP) is 1.28. The van der Waals surface area contributed by atoms with Crippen molar-refractivity contribution in [2.75, 3.05) is 26.7 Å². The number of carbonyl (C=O) groups is 1. The fourth-order valence-corrected chi connectivity index (χ4v) is 2.19. The zero-order valence-corrected chi connectivity index (χ0v) is 10.8. The first kappa shape index (κ1) is 12.9. The first-order chi connectivity index (χ1) is 8.79. The van der Waals surface area contributed by atoms with Crippen molar-refractivity contribution >= 4 is 5.91 Å². The number of piperidine rings is 1. The Bertz CT molecular complexity index is 381. The third kappa shape index (κ3) is 3.47. The summed E-state index contributed by atoms with van der Waals surface area (Å²) in [6.45, 7) is 1.75. The number of rotatable bonds is 4. The number of para-hydroxylation sites is 1. The molecule has 1 N–H and O–H groups in total. The Morgan fingerprint density at radius 2 is 2.22 bits per heavy atom. The topological polar surface area (TPSA) is 41.6 Å². The predicted molar refractivity (Wildman–Crippen MR) is 70.6 cm³/mol. The number of nitrogens with one attached hydrogen (secondary N) is 1. The highest BCUT2D eigenvalue weighted by molar-refractivity contribution is 5.77. The van der Waals surface area contributed by atoms with Gasteiger partial charge < -0.3 is 15.0 Å². The van der Waals surface area contributed by atoms with Gasteiger partial charge in [-0.15, -0.1) is 0 Å². The van der Waals surface area contributed by atoms with Gasteiger partial charge in [-0.05, 0) is 32.0 Å². The van der Waals surface area contributed by atoms with Crippen LogP contribution in [0.3, 0.4) is 0 Å². The van der Waals surface area contributed by atoms with Crippen molar-refractivity contribution in [1.82, 2.24) is 10.2 Å². The molecule has 2 rings (SSSR count). The van der Waals surface area contributed by atoms with Crippen LogP contribution in [0.5, 0.6) is 5.75 Å². The highest BCUT2D eigenvalue weighted by Crippen LogP contribution is 2.12. The van der Waals surface area contributed by atoms with E-state index in [4.69, 9.17) is 4.74 Å². The third-order valence-corrected chi connectivity index (χ3v) is 3.29. The monoisotopic (exact) mass is 248 g/mol. The number of carbonyl (C=O) groups excluding carboxylic acids is 1. The molecule has 0 aromatic heterocycles. The summed E-state index contributed by atoms with van der Waals surface area (Å²) in [7, 11) is 1.94. The molecule has 1 aliphatic rings. The van der Waals surface area contributed by atoms with Crippen molar-refractivity contribution in [2.24, 2.45) is 0 Å². The molecule has 0 saturated carbocycles. The summed E-state index contributed by atoms with van der Waals surface area (Å²) >= 11 is 0. The minimum Gasteiger partial charge on any atom is -0.484 e. The summed E-state index contributed by atoms with van der Waals surface area (Å²) in [5.41, 5.74) is 0. The van der Waals surface area contributed by atoms with E-state index in [1.165, 1.54) is 0 Å². The Morgan fingerprint density at radius 3 is 2.94 bits per heavy atom. The molecule has 4 nitrogen and oxygen atoms in total. The highest BCUT2D eigenvalue weighted by atomic mass is 16.5. The Labute approximate surface area is 108 Å². The van der Waals surface area contributed by atoms with Crippen LogP contribution in [-0.2, 0) is 4.79 Å². The molecule has 1 aromatic rings. The van der Waals surface area contributed by atoms with Crippen LogP contribution in [-0.4, -0.2) is 43.6 Å². The summed E-state index contributed by atoms with van der Waals surface area (Å²) in [6.07, 6.45) is 2.20. The normalized spacial score (nSPS) is 19.6. The molecule has 1 heterocycles. The van der Waals surface area contributed by atoms with E-state index in [-0.39, 0.29) is 12.5 Å². The first-order valence-corrected chi connectivity index (χ1v) is 6.42. The lowest BCUT2D eigenvalue weighted by molar-refractivity contribution is -0.134. The second-order valence-electron chi connectivity index (χ2n) is 4.57. The van der Waals surface area contributed by atoms with E-state index in [0.717, 1.165) is 31.7 Å². The number of nitrogens with zero attached hydrogens (tertiary/aromatic N) is 1. The van der Waals surface area contributed by atoms with Crippen molar-refractivity contribution in [2.45, 2.75) is 18.9 Å². The number of hydrogen-bond donors (Lipinski definition) is 1. The Kier molecular flexibility index (Phi) is 4.59. The molecule has 1 unspecified atom stereocenters. The molecule has 0 radical (unpaired) electrons. The number of benzene rings is 1. The van der Waals surface area contributed by atoms with E-state index in [1.807, 2.05) is 42.3 Å². The molecule has 1 aliphatic heterocycles. The van der Waals surface area contributed by atoms with Gasteiger partial charge in [-0.2, -0.15) is 0 Å². The lowest BCUT2D eigenvalue weighted by Crippen LogP contribution is -2.48. The molecule has 4 heteroatoms. The van der Waals surface area contributed by atoms with Crippen molar-refractivity contribution < 1.29 is 9.53 Å². The summed E-state index contributed by atoms with van der Waals surface area (Å²) < 4.78 is 5.48. The fourth-order valence-electron chi connectivity index (χ4n) is 2.19. The molecule has 18 heavy (non-hydrogen) atoms. The lowest BCUT2D eigenvalue weighted by atomic mass is 10.1. The Balaban J connectivity index is 1.81. The number of likely N-dealkylation sites (N-methyl/N-ethyl adjacent to an activating group) is 1. The van der Waals surface area contributed by atoms with Gasteiger partial charge >= 0.3 is 0 Å². The lowest BCUT2D eigenvalue weighted by Gasteiger charge is -2.32. The van der Waals surface area contributed by atoms with E-state index in [0.29, 0.717) is 6.04 Å². The van der Waals surface area contributed by atoms with Crippen LogP contribution in [0.15, 0.2) is 30.3 Å². The first-order valence-electron chi connectivity index (χ1n) is 6.42. The Morgan fingerprint density at radius 1 is 1.44 bits per heavy atom. The van der Waals surface area contributed by atoms with Crippen LogP contribution in [0.1, 0.15) is 12.8 Å². The van der Waals surface area contributed by atoms with E-state index in [9.17, 15) is 4.79 Å². The minimum atomic E-state index is 0.0683. The van der Waals surface area contributed by atoms with Gasteiger partial charge in [-0.3, -0.25) is 4.79 Å². The van der Waals surface area contributed by atoms with Gasteiger partial charge in [0.1, 0.15) is 5.75 Å². The van der Waals surface area contributed by atoms with Gasteiger partial charge in [0.2, 0.25) is 0 Å². The number of amides is 1.